The van der Waals surface area contributed by atoms with Crippen molar-refractivity contribution in [3.63, 3.8) is 0 Å². The first-order valence-electron chi connectivity index (χ1n) is 16.5. The number of benzene rings is 2. The van der Waals surface area contributed by atoms with Gasteiger partial charge in [-0.3, -0.25) is 9.67 Å². The van der Waals surface area contributed by atoms with Crippen molar-refractivity contribution in [1.82, 2.24) is 29.6 Å². The van der Waals surface area contributed by atoms with Crippen molar-refractivity contribution in [1.29, 1.82) is 0 Å². The molecule has 7 nitrogen and oxygen atoms in total. The number of hydrogen-bond acceptors (Lipinski definition) is 5. The molecule has 2 N–H and O–H groups in total. The van der Waals surface area contributed by atoms with Crippen molar-refractivity contribution in [2.45, 2.75) is 65.3 Å². The van der Waals surface area contributed by atoms with Gasteiger partial charge in [0.1, 0.15) is 11.6 Å². The zero-order valence-corrected chi connectivity index (χ0v) is 27.5. The maximum atomic E-state index is 13.5. The van der Waals surface area contributed by atoms with E-state index in [2.05, 4.69) is 52.5 Å². The number of unbranched alkanes of at least 4 members (excludes halogenated alkanes) is 1. The second kappa shape index (κ2) is 13.9. The van der Waals surface area contributed by atoms with Crippen LogP contribution in [0.4, 0.5) is 14.7 Å². The molecule has 0 radical (unpaired) electrons. The van der Waals surface area contributed by atoms with Crippen LogP contribution in [0.25, 0.3) is 33.7 Å². The van der Waals surface area contributed by atoms with Crippen LogP contribution in [0.5, 0.6) is 0 Å². The quantitative estimate of drug-likeness (QED) is 0.176. The molecule has 244 valence electrons. The molecule has 1 aliphatic heterocycles. The summed E-state index contributed by atoms with van der Waals surface area (Å²) in [6.45, 7) is 14.6. The van der Waals surface area contributed by atoms with E-state index in [0.29, 0.717) is 24.4 Å². The smallest absolute Gasteiger partial charge is 0.208 e. The lowest BCUT2D eigenvalue weighted by atomic mass is 10.0. The van der Waals surface area contributed by atoms with Crippen LogP contribution in [0.1, 0.15) is 67.1 Å². The molecule has 4 heterocycles. The van der Waals surface area contributed by atoms with Crippen LogP contribution in [-0.2, 0) is 26.4 Å². The van der Waals surface area contributed by atoms with Gasteiger partial charge in [-0.25, -0.2) is 13.8 Å². The van der Waals surface area contributed by atoms with Gasteiger partial charge in [-0.05, 0) is 98.9 Å². The Morgan fingerprint density at radius 1 is 1.04 bits per heavy atom. The minimum atomic E-state index is -0.534. The molecule has 0 unspecified atom stereocenters. The number of rotatable bonds is 7. The summed E-state index contributed by atoms with van der Waals surface area (Å²) < 4.78 is 31.3. The second-order valence-electron chi connectivity index (χ2n) is 12.9. The summed E-state index contributed by atoms with van der Waals surface area (Å²) in [6.07, 6.45) is 8.44. The molecule has 0 saturated heterocycles. The maximum absolute atomic E-state index is 13.5. The van der Waals surface area contributed by atoms with Gasteiger partial charge in [-0.1, -0.05) is 32.6 Å². The fourth-order valence-electron chi connectivity index (χ4n) is 6.49. The lowest BCUT2D eigenvalue weighted by molar-refractivity contribution is 0.437. The molecule has 2 bridgehead atoms. The van der Waals surface area contributed by atoms with Crippen LogP contribution in [0.3, 0.4) is 0 Å². The molecule has 0 amide bonds. The highest BCUT2D eigenvalue weighted by Gasteiger charge is 2.19. The Morgan fingerprint density at radius 3 is 2.66 bits per heavy atom. The van der Waals surface area contributed by atoms with Gasteiger partial charge >= 0.3 is 0 Å². The molecule has 1 aliphatic rings. The first-order valence-corrected chi connectivity index (χ1v) is 16.5. The third-order valence-electron chi connectivity index (χ3n) is 9.01. The summed E-state index contributed by atoms with van der Waals surface area (Å²) in [7, 11) is 2.01. The zero-order chi connectivity index (χ0) is 33.1. The van der Waals surface area contributed by atoms with Gasteiger partial charge in [0, 0.05) is 60.1 Å². The molecule has 0 fully saturated rings. The number of aryl methyl sites for hydroxylation is 3. The lowest BCUT2D eigenvalue weighted by Crippen LogP contribution is -2.14. The van der Waals surface area contributed by atoms with E-state index >= 15 is 0 Å². The Balaban J connectivity index is 1.22. The van der Waals surface area contributed by atoms with Crippen molar-refractivity contribution in [3.05, 3.63) is 108 Å². The van der Waals surface area contributed by atoms with Crippen molar-refractivity contribution < 1.29 is 8.78 Å². The van der Waals surface area contributed by atoms with Crippen LogP contribution in [0.15, 0.2) is 67.9 Å². The molecular formula is C38H43F2N7. The number of aromatic nitrogens is 5. The Labute approximate surface area is 275 Å². The molecule has 2 aromatic carbocycles. The molecular weight excluding hydrogens is 592 g/mol. The van der Waals surface area contributed by atoms with E-state index in [-0.39, 0.29) is 0 Å². The van der Waals surface area contributed by atoms with Crippen LogP contribution in [0, 0.1) is 24.5 Å². The van der Waals surface area contributed by atoms with E-state index in [4.69, 9.17) is 9.97 Å². The largest absolute Gasteiger partial charge is 0.385 e. The summed E-state index contributed by atoms with van der Waals surface area (Å²) in [5, 5.41) is 11.6. The van der Waals surface area contributed by atoms with E-state index in [1.54, 1.807) is 0 Å². The number of fused-ring (bicyclic) bond motifs is 7. The van der Waals surface area contributed by atoms with E-state index in [0.717, 1.165) is 108 Å². The fourth-order valence-corrected chi connectivity index (χ4v) is 6.49. The molecule has 3 aromatic heterocycles. The topological polar surface area (TPSA) is 72.6 Å². The number of nitrogens with one attached hydrogen (secondary N) is 2. The van der Waals surface area contributed by atoms with Gasteiger partial charge in [0.05, 0.1) is 22.9 Å². The summed E-state index contributed by atoms with van der Waals surface area (Å²) in [6, 6.07) is 14.1. The first-order chi connectivity index (χ1) is 22.6. The van der Waals surface area contributed by atoms with E-state index in [9.17, 15) is 8.78 Å². The molecule has 0 spiro atoms. The monoisotopic (exact) mass is 635 g/mol. The van der Waals surface area contributed by atoms with E-state index < -0.39 is 11.6 Å². The van der Waals surface area contributed by atoms with Crippen LogP contribution in [0.2, 0.25) is 0 Å². The minimum absolute atomic E-state index is 0.429. The Kier molecular flexibility index (Phi) is 9.52. The fraction of sp³-hybridized carbons (Fsp3) is 0.342. The predicted octanol–water partition coefficient (Wildman–Crippen LogP) is 8.45. The number of anilines is 1. The van der Waals surface area contributed by atoms with Crippen LogP contribution >= 0.6 is 0 Å². The summed E-state index contributed by atoms with van der Waals surface area (Å²) in [4.78, 5) is 9.88. The van der Waals surface area contributed by atoms with Gasteiger partial charge in [0.2, 0.25) is 5.95 Å². The highest BCUT2D eigenvalue weighted by atomic mass is 19.1. The van der Waals surface area contributed by atoms with Gasteiger partial charge in [0.15, 0.2) is 0 Å². The van der Waals surface area contributed by atoms with Crippen molar-refractivity contribution in [2.24, 2.45) is 13.0 Å². The average Bonchev–Trinajstić information content (AvgIpc) is 3.56. The number of nitrogens with zero attached hydrogens (tertiary/aromatic N) is 5. The predicted molar refractivity (Wildman–Crippen MR) is 187 cm³/mol. The van der Waals surface area contributed by atoms with Crippen LogP contribution < -0.4 is 10.6 Å². The molecule has 6 rings (SSSR count). The third kappa shape index (κ3) is 7.45. The number of imidazole rings is 1. The average molecular weight is 636 g/mol. The van der Waals surface area contributed by atoms with Crippen molar-refractivity contribution >= 4 is 28.4 Å². The molecule has 1 atom stereocenters. The van der Waals surface area contributed by atoms with Gasteiger partial charge < -0.3 is 15.2 Å². The Hall–Kier alpha value is -4.79. The maximum Gasteiger partial charge on any atom is 0.208 e. The molecule has 9 heteroatoms. The number of halogens is 2. The van der Waals surface area contributed by atoms with E-state index in [1.165, 1.54) is 17.8 Å². The summed E-state index contributed by atoms with van der Waals surface area (Å²) in [5.41, 5.74) is 10.3. The molecule has 5 aromatic rings. The molecule has 0 aliphatic carbocycles. The molecule has 0 saturated carbocycles. The second-order valence-corrected chi connectivity index (χ2v) is 12.9. The van der Waals surface area contributed by atoms with Crippen LogP contribution in [-0.4, -0.2) is 30.9 Å². The van der Waals surface area contributed by atoms with Gasteiger partial charge in [-0.15, -0.1) is 0 Å². The summed E-state index contributed by atoms with van der Waals surface area (Å²) in [5.74, 6) is 0.120. The normalized spacial score (nSPS) is 15.3. The van der Waals surface area contributed by atoms with Gasteiger partial charge in [-0.2, -0.15) is 5.10 Å². The standard InChI is InChI=1S/C38H43F2N7/c1-24-10-6-7-12-36-33(22-42-46(36)5)35-19-30(16-25(2)43-35)27(4)44-38-45-34-14-13-29(20-37(34)47(38)23-24)26(3)41-15-9-8-11-28-17-31(39)21-32(40)18-28/h13-14,16-22,24,41H,3-4,6-12,15,23H2,1-2,5H3,(H,44,45)/t24-/m1/s1. The van der Waals surface area contributed by atoms with Crippen molar-refractivity contribution in [3.8, 4) is 11.3 Å². The third-order valence-corrected chi connectivity index (χ3v) is 9.01. The van der Waals surface area contributed by atoms with E-state index in [1.807, 2.05) is 43.0 Å². The van der Waals surface area contributed by atoms with Crippen molar-refractivity contribution in [2.75, 3.05) is 11.9 Å². The number of hydrogen-bond donors (Lipinski definition) is 2. The number of pyridine rings is 1. The highest BCUT2D eigenvalue weighted by molar-refractivity contribution is 5.85. The first kappa shape index (κ1) is 32.2. The highest BCUT2D eigenvalue weighted by Crippen LogP contribution is 2.31. The van der Waals surface area contributed by atoms with Gasteiger partial charge in [0.25, 0.3) is 0 Å². The SMILES string of the molecule is C=C(NCCCCc1cc(F)cc(F)c1)c1ccc2nc3n(c2c1)C[C@H](C)CCCCc1c(cnn1C)-c1cc(cc(C)n1)C(=C)N3. The summed E-state index contributed by atoms with van der Waals surface area (Å²) >= 11 is 0. The molecule has 47 heavy (non-hydrogen) atoms. The zero-order valence-electron chi connectivity index (χ0n) is 27.5. The Bertz CT molecular complexity index is 1920. The minimum Gasteiger partial charge on any atom is -0.385 e. The Morgan fingerprint density at radius 2 is 1.85 bits per heavy atom. The lowest BCUT2D eigenvalue weighted by Gasteiger charge is -2.17.